The maximum atomic E-state index is 13.4. The molecule has 188 valence electrons. The van der Waals surface area contributed by atoms with Gasteiger partial charge in [0.25, 0.3) is 15.9 Å². The maximum absolute atomic E-state index is 13.4. The average molecular weight is 506 g/mol. The van der Waals surface area contributed by atoms with Crippen molar-refractivity contribution in [3.8, 4) is 11.5 Å². The van der Waals surface area contributed by atoms with Crippen molar-refractivity contribution in [2.45, 2.75) is 18.2 Å². The van der Waals surface area contributed by atoms with Crippen LogP contribution in [0.1, 0.15) is 21.5 Å². The van der Waals surface area contributed by atoms with E-state index in [2.05, 4.69) is 10.6 Å². The molecule has 1 heterocycles. The molecule has 0 spiro atoms. The number of aliphatic hydroxyl groups excluding tert-OH is 1. The van der Waals surface area contributed by atoms with Crippen LogP contribution in [0.2, 0.25) is 0 Å². The Balaban J connectivity index is 1.96. The second kappa shape index (κ2) is 10.7. The van der Waals surface area contributed by atoms with Gasteiger partial charge in [-0.15, -0.1) is 0 Å². The monoisotopic (exact) mass is 505 g/mol. The molecule has 0 aromatic heterocycles. The Bertz CT molecular complexity index is 1250. The normalized spacial score (nSPS) is 16.4. The Kier molecular flexibility index (Phi) is 7.97. The molecule has 12 heteroatoms. The van der Waals surface area contributed by atoms with Gasteiger partial charge in [-0.3, -0.25) is 14.4 Å². The number of ether oxygens (including phenoxy) is 1. The minimum atomic E-state index is -4.56. The lowest BCUT2D eigenvalue weighted by Crippen LogP contribution is -2.42. The van der Waals surface area contributed by atoms with Crippen molar-refractivity contribution in [3.63, 3.8) is 0 Å². The van der Waals surface area contributed by atoms with Crippen LogP contribution >= 0.6 is 0 Å². The highest BCUT2D eigenvalue weighted by atomic mass is 32.2. The summed E-state index contributed by atoms with van der Waals surface area (Å²) in [6.45, 7) is 0.620. The van der Waals surface area contributed by atoms with Crippen LogP contribution in [0.25, 0.3) is 0 Å². The molecule has 0 saturated carbocycles. The molecule has 0 bridgehead atoms. The summed E-state index contributed by atoms with van der Waals surface area (Å²) in [6.07, 6.45) is 0.125. The number of phenolic OH excluding ortho intramolecular Hbond substituents is 1. The van der Waals surface area contributed by atoms with Gasteiger partial charge in [-0.25, -0.2) is 12.7 Å². The van der Waals surface area contributed by atoms with Crippen LogP contribution in [0.4, 0.5) is 0 Å². The standard InChI is InChI=1S/C23H27N3O8S/c1-14-3-6-20(34-2)15(9-14)10-16-12-25-21(29)13-26(23(16)31)35(32,33)17-4-5-19(28)18(11-17)22(30)24-7-8-27/h3-6,9,11,16,27-28H,7-8,10,12-13H2,1-2H3,(H,24,30)(H,25,29). The van der Waals surface area contributed by atoms with Crippen molar-refractivity contribution in [2.75, 3.05) is 33.4 Å². The minimum Gasteiger partial charge on any atom is -0.507 e. The van der Waals surface area contributed by atoms with Crippen molar-refractivity contribution in [1.82, 2.24) is 14.9 Å². The summed E-state index contributed by atoms with van der Waals surface area (Å²) in [4.78, 5) is 37.5. The number of aryl methyl sites for hydroxylation is 1. The highest BCUT2D eigenvalue weighted by Gasteiger charge is 2.38. The van der Waals surface area contributed by atoms with Crippen molar-refractivity contribution in [2.24, 2.45) is 5.92 Å². The van der Waals surface area contributed by atoms with E-state index in [1.807, 2.05) is 19.1 Å². The number of hydrogen-bond donors (Lipinski definition) is 4. The summed E-state index contributed by atoms with van der Waals surface area (Å²) in [7, 11) is -3.07. The number of carbonyl (C=O) groups excluding carboxylic acids is 3. The number of sulfonamides is 1. The predicted molar refractivity (Wildman–Crippen MR) is 124 cm³/mol. The Morgan fingerprint density at radius 3 is 2.66 bits per heavy atom. The third-order valence-electron chi connectivity index (χ3n) is 5.53. The van der Waals surface area contributed by atoms with E-state index in [9.17, 15) is 27.9 Å². The molecule has 35 heavy (non-hydrogen) atoms. The molecule has 1 aliphatic heterocycles. The number of nitrogens with one attached hydrogen (secondary N) is 2. The Hall–Kier alpha value is -3.64. The maximum Gasteiger partial charge on any atom is 0.267 e. The topological polar surface area (TPSA) is 162 Å². The smallest absolute Gasteiger partial charge is 0.267 e. The molecule has 4 N–H and O–H groups in total. The van der Waals surface area contributed by atoms with Crippen LogP contribution in [-0.4, -0.2) is 74.0 Å². The molecular weight excluding hydrogens is 478 g/mol. The number of phenols is 1. The average Bonchev–Trinajstić information content (AvgIpc) is 2.96. The van der Waals surface area contributed by atoms with Gasteiger partial charge in [0.2, 0.25) is 11.8 Å². The first-order valence-corrected chi connectivity index (χ1v) is 12.2. The molecule has 2 aromatic rings. The van der Waals surface area contributed by atoms with E-state index in [-0.39, 0.29) is 31.7 Å². The van der Waals surface area contributed by atoms with E-state index in [0.717, 1.165) is 23.8 Å². The molecule has 2 aromatic carbocycles. The van der Waals surface area contributed by atoms with E-state index < -0.39 is 50.9 Å². The van der Waals surface area contributed by atoms with E-state index in [1.54, 1.807) is 6.07 Å². The van der Waals surface area contributed by atoms with Gasteiger partial charge in [0.1, 0.15) is 18.0 Å². The molecule has 0 aliphatic carbocycles. The number of methoxy groups -OCH3 is 1. The van der Waals surface area contributed by atoms with Crippen LogP contribution in [0, 0.1) is 12.8 Å². The number of aromatic hydroxyl groups is 1. The number of rotatable bonds is 8. The second-order valence-electron chi connectivity index (χ2n) is 8.03. The number of amides is 3. The first-order chi connectivity index (χ1) is 16.6. The zero-order valence-corrected chi connectivity index (χ0v) is 20.1. The third-order valence-corrected chi connectivity index (χ3v) is 7.27. The van der Waals surface area contributed by atoms with Crippen LogP contribution in [-0.2, 0) is 26.0 Å². The molecule has 1 aliphatic rings. The summed E-state index contributed by atoms with van der Waals surface area (Å²) in [5.74, 6) is -3.09. The fourth-order valence-electron chi connectivity index (χ4n) is 3.74. The van der Waals surface area contributed by atoms with Gasteiger partial charge < -0.3 is 25.6 Å². The summed E-state index contributed by atoms with van der Waals surface area (Å²) in [5, 5.41) is 23.8. The molecule has 1 fully saturated rings. The fourth-order valence-corrected chi connectivity index (χ4v) is 5.17. The van der Waals surface area contributed by atoms with E-state index >= 15 is 0 Å². The summed E-state index contributed by atoms with van der Waals surface area (Å²) >= 11 is 0. The number of carbonyl (C=O) groups is 3. The zero-order valence-electron chi connectivity index (χ0n) is 19.3. The number of nitrogens with zero attached hydrogens (tertiary/aromatic N) is 1. The molecule has 3 rings (SSSR count). The molecule has 0 radical (unpaired) electrons. The Labute approximate surface area is 202 Å². The lowest BCUT2D eigenvalue weighted by Gasteiger charge is -2.23. The van der Waals surface area contributed by atoms with Gasteiger partial charge in [-0.05, 0) is 43.2 Å². The largest absolute Gasteiger partial charge is 0.507 e. The predicted octanol–water partition coefficient (Wildman–Crippen LogP) is -0.0627. The highest BCUT2D eigenvalue weighted by molar-refractivity contribution is 7.89. The minimum absolute atomic E-state index is 0.0643. The SMILES string of the molecule is COc1ccc(C)cc1CC1CNC(=O)CN(S(=O)(=O)c2ccc(O)c(C(=O)NCCO)c2)C1=O. The Morgan fingerprint density at radius 2 is 1.97 bits per heavy atom. The van der Waals surface area contributed by atoms with Crippen LogP contribution in [0.15, 0.2) is 41.3 Å². The lowest BCUT2D eigenvalue weighted by molar-refractivity contribution is -0.131. The quantitative estimate of drug-likeness (QED) is 0.388. The van der Waals surface area contributed by atoms with Gasteiger partial charge in [-0.1, -0.05) is 17.7 Å². The third kappa shape index (κ3) is 5.72. The molecule has 1 unspecified atom stereocenters. The van der Waals surface area contributed by atoms with Gasteiger partial charge in [0, 0.05) is 13.1 Å². The highest BCUT2D eigenvalue weighted by Crippen LogP contribution is 2.28. The van der Waals surface area contributed by atoms with Crippen molar-refractivity contribution >= 4 is 27.7 Å². The van der Waals surface area contributed by atoms with Crippen LogP contribution in [0.3, 0.4) is 0 Å². The van der Waals surface area contributed by atoms with E-state index in [0.29, 0.717) is 15.6 Å². The van der Waals surface area contributed by atoms with Gasteiger partial charge in [0.15, 0.2) is 0 Å². The van der Waals surface area contributed by atoms with Gasteiger partial charge >= 0.3 is 0 Å². The van der Waals surface area contributed by atoms with Crippen molar-refractivity contribution in [3.05, 3.63) is 53.1 Å². The van der Waals surface area contributed by atoms with Crippen LogP contribution in [0.5, 0.6) is 11.5 Å². The molecule has 3 amide bonds. The summed E-state index contributed by atoms with van der Waals surface area (Å²) in [5.41, 5.74) is 1.26. The first-order valence-electron chi connectivity index (χ1n) is 10.8. The first kappa shape index (κ1) is 26.0. The van der Waals surface area contributed by atoms with Crippen molar-refractivity contribution in [1.29, 1.82) is 0 Å². The van der Waals surface area contributed by atoms with E-state index in [4.69, 9.17) is 9.84 Å². The molecule has 1 saturated heterocycles. The Morgan fingerprint density at radius 1 is 1.23 bits per heavy atom. The number of aliphatic hydroxyl groups is 1. The zero-order chi connectivity index (χ0) is 25.8. The van der Waals surface area contributed by atoms with Crippen molar-refractivity contribution < 1.29 is 37.8 Å². The summed E-state index contributed by atoms with van der Waals surface area (Å²) < 4.78 is 32.7. The van der Waals surface area contributed by atoms with E-state index in [1.165, 1.54) is 7.11 Å². The fraction of sp³-hybridized carbons (Fsp3) is 0.348. The molecule has 11 nitrogen and oxygen atoms in total. The number of hydrogen-bond acceptors (Lipinski definition) is 8. The number of benzene rings is 2. The van der Waals surface area contributed by atoms with Gasteiger partial charge in [0.05, 0.1) is 30.1 Å². The molecule has 1 atom stereocenters. The second-order valence-corrected chi connectivity index (χ2v) is 9.89. The van der Waals surface area contributed by atoms with Gasteiger partial charge in [-0.2, -0.15) is 0 Å². The summed E-state index contributed by atoms with van der Waals surface area (Å²) in [6, 6.07) is 8.40. The van der Waals surface area contributed by atoms with Crippen LogP contribution < -0.4 is 15.4 Å². The molecular formula is C23H27N3O8S. The lowest BCUT2D eigenvalue weighted by atomic mass is 9.96.